The van der Waals surface area contributed by atoms with E-state index in [-0.39, 0.29) is 5.78 Å². The monoisotopic (exact) mass is 217 g/mol. The lowest BCUT2D eigenvalue weighted by atomic mass is 9.98. The maximum absolute atomic E-state index is 11.9. The Kier molecular flexibility index (Phi) is 2.99. The lowest BCUT2D eigenvalue weighted by molar-refractivity contribution is 0.0968. The fraction of sp³-hybridized carbons (Fsp3) is 0.500. The zero-order valence-corrected chi connectivity index (χ0v) is 10.2. The Bertz CT molecular complexity index is 409. The van der Waals surface area contributed by atoms with E-state index in [1.807, 2.05) is 12.1 Å². The molecule has 1 aromatic carbocycles. The number of benzene rings is 1. The van der Waals surface area contributed by atoms with Gasteiger partial charge in [0.2, 0.25) is 0 Å². The molecule has 16 heavy (non-hydrogen) atoms. The van der Waals surface area contributed by atoms with E-state index in [4.69, 9.17) is 0 Å². The summed E-state index contributed by atoms with van der Waals surface area (Å²) in [5.41, 5.74) is 3.33. The van der Waals surface area contributed by atoms with Gasteiger partial charge in [-0.3, -0.25) is 4.79 Å². The van der Waals surface area contributed by atoms with Crippen molar-refractivity contribution in [1.29, 1.82) is 0 Å². The first-order valence-corrected chi connectivity index (χ1v) is 5.99. The van der Waals surface area contributed by atoms with Crippen molar-refractivity contribution in [2.45, 2.75) is 39.7 Å². The zero-order valence-electron chi connectivity index (χ0n) is 10.2. The summed E-state index contributed by atoms with van der Waals surface area (Å²) in [7, 11) is 0. The Morgan fingerprint density at radius 2 is 2.25 bits per heavy atom. The molecule has 0 aromatic heterocycles. The summed E-state index contributed by atoms with van der Waals surface area (Å²) in [5.74, 6) is 0.690. The lowest BCUT2D eigenvalue weighted by Crippen LogP contribution is -2.08. The van der Waals surface area contributed by atoms with Gasteiger partial charge in [0.1, 0.15) is 0 Å². The average Bonchev–Trinajstić information content (AvgIpc) is 2.55. The summed E-state index contributed by atoms with van der Waals surface area (Å²) in [5, 5.41) is 3.39. The lowest BCUT2D eigenvalue weighted by Gasteiger charge is -2.06. The molecule has 1 atom stereocenters. The van der Waals surface area contributed by atoms with Gasteiger partial charge in [0.15, 0.2) is 5.78 Å². The molecular formula is C14H19NO. The second-order valence-corrected chi connectivity index (χ2v) is 5.14. The van der Waals surface area contributed by atoms with Crippen LogP contribution in [-0.2, 0) is 6.42 Å². The van der Waals surface area contributed by atoms with Crippen molar-refractivity contribution in [2.75, 3.05) is 5.32 Å². The third kappa shape index (κ3) is 2.26. The first-order valence-electron chi connectivity index (χ1n) is 5.99. The van der Waals surface area contributed by atoms with Crippen molar-refractivity contribution in [1.82, 2.24) is 0 Å². The van der Waals surface area contributed by atoms with Gasteiger partial charge in [0, 0.05) is 23.7 Å². The molecule has 1 aromatic rings. The molecule has 0 saturated carbocycles. The quantitative estimate of drug-likeness (QED) is 0.787. The standard InChI is InChI=1S/C14H19NO/c1-9(2)6-14(16)11-4-5-13-12(8-11)7-10(3)15-13/h4-5,8-10,15H,6-7H2,1-3H3. The summed E-state index contributed by atoms with van der Waals surface area (Å²) in [6, 6.07) is 6.52. The van der Waals surface area contributed by atoms with E-state index in [1.54, 1.807) is 0 Å². The van der Waals surface area contributed by atoms with Gasteiger partial charge in [-0.05, 0) is 43.0 Å². The van der Waals surface area contributed by atoms with Gasteiger partial charge in [-0.1, -0.05) is 13.8 Å². The van der Waals surface area contributed by atoms with Crippen LogP contribution in [-0.4, -0.2) is 11.8 Å². The number of fused-ring (bicyclic) bond motifs is 1. The van der Waals surface area contributed by atoms with E-state index < -0.39 is 0 Å². The van der Waals surface area contributed by atoms with Crippen molar-refractivity contribution < 1.29 is 4.79 Å². The van der Waals surface area contributed by atoms with Crippen LogP contribution in [0.25, 0.3) is 0 Å². The van der Waals surface area contributed by atoms with Crippen LogP contribution in [0.1, 0.15) is 43.1 Å². The van der Waals surface area contributed by atoms with Crippen LogP contribution in [0.5, 0.6) is 0 Å². The third-order valence-electron chi connectivity index (χ3n) is 2.95. The topological polar surface area (TPSA) is 29.1 Å². The largest absolute Gasteiger partial charge is 0.382 e. The minimum absolute atomic E-state index is 0.261. The van der Waals surface area contributed by atoms with Crippen molar-refractivity contribution >= 4 is 11.5 Å². The first-order chi connectivity index (χ1) is 7.56. The molecule has 2 nitrogen and oxygen atoms in total. The van der Waals surface area contributed by atoms with Crippen LogP contribution in [0, 0.1) is 5.92 Å². The fourth-order valence-electron chi connectivity index (χ4n) is 2.21. The highest BCUT2D eigenvalue weighted by atomic mass is 16.1. The predicted octanol–water partition coefficient (Wildman–Crippen LogP) is 3.27. The molecule has 86 valence electrons. The van der Waals surface area contributed by atoms with E-state index in [9.17, 15) is 4.79 Å². The van der Waals surface area contributed by atoms with E-state index >= 15 is 0 Å². The number of anilines is 1. The summed E-state index contributed by atoms with van der Waals surface area (Å²) < 4.78 is 0. The van der Waals surface area contributed by atoms with Gasteiger partial charge >= 0.3 is 0 Å². The van der Waals surface area contributed by atoms with Gasteiger partial charge in [0.05, 0.1) is 0 Å². The number of nitrogens with one attached hydrogen (secondary N) is 1. The Labute approximate surface area is 97.1 Å². The summed E-state index contributed by atoms with van der Waals surface area (Å²) >= 11 is 0. The minimum atomic E-state index is 0.261. The highest BCUT2D eigenvalue weighted by molar-refractivity contribution is 5.96. The predicted molar refractivity (Wildman–Crippen MR) is 67.0 cm³/mol. The van der Waals surface area contributed by atoms with Gasteiger partial charge in [-0.25, -0.2) is 0 Å². The van der Waals surface area contributed by atoms with E-state index in [0.717, 1.165) is 12.0 Å². The van der Waals surface area contributed by atoms with Crippen LogP contribution in [0.2, 0.25) is 0 Å². The highest BCUT2D eigenvalue weighted by Gasteiger charge is 2.18. The molecule has 0 aliphatic carbocycles. The Morgan fingerprint density at radius 3 is 2.94 bits per heavy atom. The van der Waals surface area contributed by atoms with E-state index in [2.05, 4.69) is 32.2 Å². The van der Waals surface area contributed by atoms with Gasteiger partial charge in [0.25, 0.3) is 0 Å². The molecule has 0 saturated heterocycles. The summed E-state index contributed by atoms with van der Waals surface area (Å²) in [4.78, 5) is 11.9. The number of carbonyl (C=O) groups excluding carboxylic acids is 1. The molecule has 0 radical (unpaired) electrons. The zero-order chi connectivity index (χ0) is 11.7. The fourth-order valence-corrected chi connectivity index (χ4v) is 2.21. The SMILES string of the molecule is CC(C)CC(=O)c1ccc2c(c1)CC(C)N2. The second-order valence-electron chi connectivity index (χ2n) is 5.14. The maximum atomic E-state index is 11.9. The van der Waals surface area contributed by atoms with Gasteiger partial charge < -0.3 is 5.32 Å². The van der Waals surface area contributed by atoms with Crippen molar-refractivity contribution in [3.05, 3.63) is 29.3 Å². The van der Waals surface area contributed by atoms with Crippen molar-refractivity contribution in [3.63, 3.8) is 0 Å². The second kappa shape index (κ2) is 4.28. The Hall–Kier alpha value is -1.31. The Balaban J connectivity index is 2.19. The van der Waals surface area contributed by atoms with Crippen molar-refractivity contribution in [2.24, 2.45) is 5.92 Å². The first kappa shape index (κ1) is 11.2. The molecule has 1 N–H and O–H groups in total. The number of rotatable bonds is 3. The molecule has 1 heterocycles. The summed E-state index contributed by atoms with van der Waals surface area (Å²) in [6.07, 6.45) is 1.67. The molecule has 2 heteroatoms. The molecule has 0 amide bonds. The number of hydrogen-bond donors (Lipinski definition) is 1. The van der Waals surface area contributed by atoms with E-state index in [1.165, 1.54) is 11.3 Å². The van der Waals surface area contributed by atoms with Crippen LogP contribution in [0.15, 0.2) is 18.2 Å². The van der Waals surface area contributed by atoms with Crippen LogP contribution in [0.3, 0.4) is 0 Å². The number of hydrogen-bond acceptors (Lipinski definition) is 2. The normalized spacial score (nSPS) is 18.4. The minimum Gasteiger partial charge on any atom is -0.382 e. The highest BCUT2D eigenvalue weighted by Crippen LogP contribution is 2.27. The average molecular weight is 217 g/mol. The van der Waals surface area contributed by atoms with Gasteiger partial charge in [-0.15, -0.1) is 0 Å². The van der Waals surface area contributed by atoms with Crippen molar-refractivity contribution in [3.8, 4) is 0 Å². The Morgan fingerprint density at radius 1 is 1.50 bits per heavy atom. The third-order valence-corrected chi connectivity index (χ3v) is 2.95. The molecule has 1 aliphatic rings. The van der Waals surface area contributed by atoms with Crippen LogP contribution >= 0.6 is 0 Å². The van der Waals surface area contributed by atoms with Crippen LogP contribution < -0.4 is 5.32 Å². The van der Waals surface area contributed by atoms with E-state index in [0.29, 0.717) is 18.4 Å². The molecule has 1 aliphatic heterocycles. The van der Waals surface area contributed by atoms with Gasteiger partial charge in [-0.2, -0.15) is 0 Å². The molecule has 1 unspecified atom stereocenters. The molecular weight excluding hydrogens is 198 g/mol. The molecule has 0 spiro atoms. The maximum Gasteiger partial charge on any atom is 0.163 e. The molecule has 0 fully saturated rings. The van der Waals surface area contributed by atoms with Crippen LogP contribution in [0.4, 0.5) is 5.69 Å². The number of carbonyl (C=O) groups is 1. The number of ketones is 1. The number of Topliss-reactive ketones (excluding diaryl/α,β-unsaturated/α-hetero) is 1. The summed E-state index contributed by atoms with van der Waals surface area (Å²) in [6.45, 7) is 6.32. The molecule has 0 bridgehead atoms. The smallest absolute Gasteiger partial charge is 0.163 e. The molecule has 2 rings (SSSR count).